The van der Waals surface area contributed by atoms with E-state index in [1.165, 1.54) is 6.92 Å². The van der Waals surface area contributed by atoms with Gasteiger partial charge in [-0.3, -0.25) is 14.4 Å². The summed E-state index contributed by atoms with van der Waals surface area (Å²) in [5.74, 6) is -5.26. The van der Waals surface area contributed by atoms with Gasteiger partial charge in [0.1, 0.15) is 35.2 Å². The molecule has 2 amide bonds. The lowest BCUT2D eigenvalue weighted by molar-refractivity contribution is 0.0253. The first-order chi connectivity index (χ1) is 19.5. The van der Waals surface area contributed by atoms with Gasteiger partial charge in [0, 0.05) is 43.8 Å². The molecule has 11 heteroatoms. The van der Waals surface area contributed by atoms with Gasteiger partial charge in [-0.15, -0.1) is 0 Å². The number of hydrogen-bond donors (Lipinski definition) is 2. The Morgan fingerprint density at radius 2 is 1.80 bits per heavy atom. The topological polar surface area (TPSA) is 101 Å². The van der Waals surface area contributed by atoms with Crippen molar-refractivity contribution in [1.82, 2.24) is 14.8 Å². The molecule has 41 heavy (non-hydrogen) atoms. The van der Waals surface area contributed by atoms with E-state index in [1.54, 1.807) is 33.7 Å². The Morgan fingerprint density at radius 3 is 2.51 bits per heavy atom. The molecule has 0 aliphatic carbocycles. The van der Waals surface area contributed by atoms with E-state index in [0.29, 0.717) is 31.6 Å². The SMILES string of the molecule is C[C@]1(O)C[C@@]23CCCCN(C2)C(=O)c2c(OCc4ccccc4)c(=O)c(C(=O)NCc4c(F)cc(F)cc4F)c1n23. The second-order valence-electron chi connectivity index (χ2n) is 11.2. The van der Waals surface area contributed by atoms with Gasteiger partial charge in [0.15, 0.2) is 11.4 Å². The van der Waals surface area contributed by atoms with Gasteiger partial charge in [-0.2, -0.15) is 0 Å². The summed E-state index contributed by atoms with van der Waals surface area (Å²) in [6.45, 7) is 1.53. The van der Waals surface area contributed by atoms with Crippen molar-refractivity contribution in [3.8, 4) is 5.75 Å². The number of carbonyl (C=O) groups excluding carboxylic acids is 2. The highest BCUT2D eigenvalue weighted by Crippen LogP contribution is 2.52. The van der Waals surface area contributed by atoms with Crippen molar-refractivity contribution < 1.29 is 32.6 Å². The van der Waals surface area contributed by atoms with Crippen molar-refractivity contribution in [1.29, 1.82) is 0 Å². The van der Waals surface area contributed by atoms with E-state index in [4.69, 9.17) is 4.74 Å². The molecule has 0 saturated carbocycles. The maximum Gasteiger partial charge on any atom is 0.274 e. The van der Waals surface area contributed by atoms with Gasteiger partial charge >= 0.3 is 0 Å². The minimum Gasteiger partial charge on any atom is -0.483 e. The zero-order chi connectivity index (χ0) is 29.1. The Balaban J connectivity index is 1.51. The number of rotatable bonds is 6. The molecule has 3 aromatic rings. The van der Waals surface area contributed by atoms with Crippen molar-refractivity contribution in [2.75, 3.05) is 13.1 Å². The molecule has 4 heterocycles. The van der Waals surface area contributed by atoms with Gasteiger partial charge in [0.05, 0.1) is 11.2 Å². The number of nitrogens with zero attached hydrogens (tertiary/aromatic N) is 2. The molecule has 3 aliphatic rings. The normalized spacial score (nSPS) is 22.8. The van der Waals surface area contributed by atoms with Crippen molar-refractivity contribution in [2.45, 2.75) is 56.9 Å². The maximum atomic E-state index is 14.3. The molecule has 1 aromatic heterocycles. The summed E-state index contributed by atoms with van der Waals surface area (Å²) >= 11 is 0. The van der Waals surface area contributed by atoms with Crippen LogP contribution in [0.5, 0.6) is 5.75 Å². The number of fused-ring (bicyclic) bond motifs is 1. The largest absolute Gasteiger partial charge is 0.483 e. The van der Waals surface area contributed by atoms with Gasteiger partial charge in [-0.05, 0) is 31.7 Å². The third-order valence-electron chi connectivity index (χ3n) is 8.27. The Kier molecular flexibility index (Phi) is 6.44. The number of aliphatic hydroxyl groups is 1. The first-order valence-corrected chi connectivity index (χ1v) is 13.5. The van der Waals surface area contributed by atoms with Gasteiger partial charge < -0.3 is 24.6 Å². The second-order valence-corrected chi connectivity index (χ2v) is 11.2. The summed E-state index contributed by atoms with van der Waals surface area (Å²) in [6.07, 6.45) is 2.25. The third kappa shape index (κ3) is 4.39. The molecule has 2 N–H and O–H groups in total. The van der Waals surface area contributed by atoms with Crippen LogP contribution in [-0.4, -0.2) is 39.5 Å². The van der Waals surface area contributed by atoms with Crippen molar-refractivity contribution >= 4 is 11.8 Å². The zero-order valence-corrected chi connectivity index (χ0v) is 22.3. The molecule has 8 nitrogen and oxygen atoms in total. The van der Waals surface area contributed by atoms with Crippen LogP contribution in [0.25, 0.3) is 0 Å². The van der Waals surface area contributed by atoms with Crippen molar-refractivity contribution in [2.24, 2.45) is 0 Å². The highest BCUT2D eigenvalue weighted by atomic mass is 19.1. The van der Waals surface area contributed by atoms with Crippen molar-refractivity contribution in [3.05, 3.63) is 98.2 Å². The summed E-state index contributed by atoms with van der Waals surface area (Å²) in [6, 6.07) is 9.96. The average molecular weight is 568 g/mol. The van der Waals surface area contributed by atoms with Crippen molar-refractivity contribution in [3.63, 3.8) is 0 Å². The molecule has 1 spiro atoms. The van der Waals surface area contributed by atoms with Gasteiger partial charge in [-0.1, -0.05) is 30.3 Å². The lowest BCUT2D eigenvalue weighted by Crippen LogP contribution is -2.52. The fourth-order valence-electron chi connectivity index (χ4n) is 6.63. The molecule has 214 valence electrons. The van der Waals surface area contributed by atoms with Crippen LogP contribution in [0.4, 0.5) is 13.2 Å². The number of benzene rings is 2. The smallest absolute Gasteiger partial charge is 0.274 e. The van der Waals surface area contributed by atoms with E-state index in [0.717, 1.165) is 18.4 Å². The fourth-order valence-corrected chi connectivity index (χ4v) is 6.63. The minimum absolute atomic E-state index is 0.0148. The second kappa shape index (κ2) is 9.76. The third-order valence-corrected chi connectivity index (χ3v) is 8.27. The van der Waals surface area contributed by atoms with E-state index in [9.17, 15) is 32.7 Å². The van der Waals surface area contributed by atoms with Crippen LogP contribution in [0, 0.1) is 17.5 Å². The van der Waals surface area contributed by atoms with E-state index >= 15 is 0 Å². The zero-order valence-electron chi connectivity index (χ0n) is 22.3. The molecular weight excluding hydrogens is 539 g/mol. The van der Waals surface area contributed by atoms with Crippen LogP contribution in [0.1, 0.15) is 70.3 Å². The maximum absolute atomic E-state index is 14.3. The van der Waals surface area contributed by atoms with Gasteiger partial charge in [0.2, 0.25) is 5.43 Å². The monoisotopic (exact) mass is 567 g/mol. The van der Waals surface area contributed by atoms with Gasteiger partial charge in [-0.25, -0.2) is 13.2 Å². The predicted molar refractivity (Wildman–Crippen MR) is 141 cm³/mol. The molecule has 0 radical (unpaired) electrons. The molecule has 2 bridgehead atoms. The quantitative estimate of drug-likeness (QED) is 0.473. The van der Waals surface area contributed by atoms with E-state index in [2.05, 4.69) is 5.32 Å². The average Bonchev–Trinajstić information content (AvgIpc) is 3.03. The number of pyridine rings is 1. The number of aromatic nitrogens is 1. The number of carbonyl (C=O) groups is 2. The first kappa shape index (κ1) is 27.1. The molecule has 1 fully saturated rings. The van der Waals surface area contributed by atoms with Crippen LogP contribution in [0.2, 0.25) is 0 Å². The number of hydrogen-bond acceptors (Lipinski definition) is 5. The number of nitrogens with one attached hydrogen (secondary N) is 1. The standard InChI is InChI=1S/C30H28F3N3O5/c1-29(40)15-30-9-5-6-10-35(16-30)28(39)23-25(41-14-17-7-3-2-4-8-17)24(37)22(26(29)36(23)30)27(38)34-13-19-20(32)11-18(31)12-21(19)33/h2-4,7-8,11-12,40H,5-6,9-10,13-16H2,1H3,(H,34,38)/t29-,30-/m0/s1. The molecule has 1 saturated heterocycles. The summed E-state index contributed by atoms with van der Waals surface area (Å²) in [5, 5.41) is 14.0. The van der Waals surface area contributed by atoms with Crippen LogP contribution in [0.3, 0.4) is 0 Å². The number of halogens is 3. The number of ether oxygens (including phenoxy) is 1. The van der Waals surface area contributed by atoms with E-state index in [1.807, 2.05) is 6.07 Å². The summed E-state index contributed by atoms with van der Waals surface area (Å²) < 4.78 is 49.6. The molecule has 2 aromatic carbocycles. The molecule has 2 atom stereocenters. The van der Waals surface area contributed by atoms with E-state index in [-0.39, 0.29) is 30.2 Å². The van der Waals surface area contributed by atoms with Crippen LogP contribution in [-0.2, 0) is 24.3 Å². The van der Waals surface area contributed by atoms with E-state index < -0.39 is 63.5 Å². The highest BCUT2D eigenvalue weighted by Gasteiger charge is 2.57. The molecule has 3 aliphatic heterocycles. The Hall–Kier alpha value is -4.12. The van der Waals surface area contributed by atoms with Gasteiger partial charge in [0.25, 0.3) is 11.8 Å². The molecular formula is C30H28F3N3O5. The summed E-state index contributed by atoms with van der Waals surface area (Å²) in [7, 11) is 0. The Morgan fingerprint density at radius 1 is 1.10 bits per heavy atom. The minimum atomic E-state index is -1.68. The predicted octanol–water partition coefficient (Wildman–Crippen LogP) is 3.72. The lowest BCUT2D eigenvalue weighted by Gasteiger charge is -2.42. The lowest BCUT2D eigenvalue weighted by atomic mass is 9.84. The summed E-state index contributed by atoms with van der Waals surface area (Å²) in [5.41, 5.74) is -3.74. The van der Waals surface area contributed by atoms with Crippen LogP contribution >= 0.6 is 0 Å². The van der Waals surface area contributed by atoms with Crippen LogP contribution in [0.15, 0.2) is 47.3 Å². The summed E-state index contributed by atoms with van der Waals surface area (Å²) in [4.78, 5) is 43.1. The first-order valence-electron chi connectivity index (χ1n) is 13.5. The Labute approximate surface area is 233 Å². The molecule has 0 unspecified atom stereocenters. The Bertz CT molecular complexity index is 1620. The highest BCUT2D eigenvalue weighted by molar-refractivity contribution is 6.01. The molecule has 6 rings (SSSR count). The van der Waals surface area contributed by atoms with Crippen LogP contribution < -0.4 is 15.5 Å². The fraction of sp³-hybridized carbons (Fsp3) is 0.367. The number of amides is 2.